The number of ether oxygens (including phenoxy) is 1. The van der Waals surface area contributed by atoms with E-state index in [2.05, 4.69) is 17.4 Å². The minimum absolute atomic E-state index is 0.124. The summed E-state index contributed by atoms with van der Waals surface area (Å²) in [6, 6.07) is 20.1. The fourth-order valence-electron chi connectivity index (χ4n) is 2.63. The minimum Gasteiger partial charge on any atom is -0.469 e. The molecule has 1 N–H and O–H groups in total. The van der Waals surface area contributed by atoms with Gasteiger partial charge in [-0.05, 0) is 25.0 Å². The van der Waals surface area contributed by atoms with Crippen LogP contribution in [0.1, 0.15) is 31.0 Å². The van der Waals surface area contributed by atoms with Crippen LogP contribution in [-0.2, 0) is 16.1 Å². The molecule has 1 atom stereocenters. The predicted molar refractivity (Wildman–Crippen MR) is 88.3 cm³/mol. The number of carbonyl (C=O) groups is 1. The van der Waals surface area contributed by atoms with Crippen LogP contribution in [0.2, 0.25) is 0 Å². The SMILES string of the molecule is COC(=O)C(C)(C)C(NCc1ccccc1)c1ccccc1. The highest BCUT2D eigenvalue weighted by molar-refractivity contribution is 5.77. The number of rotatable bonds is 6. The standard InChI is InChI=1S/C19H23NO2/c1-19(2,18(21)22-3)17(16-12-8-5-9-13-16)20-14-15-10-6-4-7-11-15/h4-13,17,20H,14H2,1-3H3. The van der Waals surface area contributed by atoms with E-state index in [1.165, 1.54) is 12.7 Å². The van der Waals surface area contributed by atoms with Gasteiger partial charge in [-0.25, -0.2) is 0 Å². The lowest BCUT2D eigenvalue weighted by Gasteiger charge is -2.33. The molecule has 0 amide bonds. The first-order chi connectivity index (χ1) is 10.6. The topological polar surface area (TPSA) is 38.3 Å². The maximum atomic E-state index is 12.2. The van der Waals surface area contributed by atoms with E-state index in [1.807, 2.05) is 62.4 Å². The Bertz CT molecular complexity index is 593. The first kappa shape index (κ1) is 16.2. The highest BCUT2D eigenvalue weighted by Gasteiger charge is 2.38. The second-order valence-electron chi connectivity index (χ2n) is 5.92. The molecule has 0 saturated heterocycles. The van der Waals surface area contributed by atoms with E-state index in [9.17, 15) is 4.79 Å². The van der Waals surface area contributed by atoms with Crippen LogP contribution in [0.25, 0.3) is 0 Å². The molecule has 2 aromatic rings. The number of carbonyl (C=O) groups excluding carboxylic acids is 1. The van der Waals surface area contributed by atoms with Gasteiger partial charge in [0.2, 0.25) is 0 Å². The van der Waals surface area contributed by atoms with E-state index in [1.54, 1.807) is 0 Å². The Morgan fingerprint density at radius 3 is 2.14 bits per heavy atom. The molecule has 0 aliphatic rings. The molecule has 0 spiro atoms. The number of nitrogens with one attached hydrogen (secondary N) is 1. The van der Waals surface area contributed by atoms with Gasteiger partial charge in [-0.15, -0.1) is 0 Å². The van der Waals surface area contributed by atoms with Crippen LogP contribution in [0.5, 0.6) is 0 Å². The van der Waals surface area contributed by atoms with Crippen molar-refractivity contribution in [3.8, 4) is 0 Å². The summed E-state index contributed by atoms with van der Waals surface area (Å²) >= 11 is 0. The maximum absolute atomic E-state index is 12.2. The summed E-state index contributed by atoms with van der Waals surface area (Å²) in [5.41, 5.74) is 1.60. The average molecular weight is 297 g/mol. The van der Waals surface area contributed by atoms with Crippen molar-refractivity contribution < 1.29 is 9.53 Å². The van der Waals surface area contributed by atoms with E-state index >= 15 is 0 Å². The monoisotopic (exact) mass is 297 g/mol. The molecule has 22 heavy (non-hydrogen) atoms. The molecule has 3 heteroatoms. The smallest absolute Gasteiger partial charge is 0.313 e. The first-order valence-electron chi connectivity index (χ1n) is 7.46. The zero-order chi connectivity index (χ0) is 16.0. The third-order valence-corrected chi connectivity index (χ3v) is 3.92. The summed E-state index contributed by atoms with van der Waals surface area (Å²) in [6.07, 6.45) is 0. The van der Waals surface area contributed by atoms with Gasteiger partial charge >= 0.3 is 5.97 Å². The molecule has 0 radical (unpaired) electrons. The Kier molecular flexibility index (Phi) is 5.34. The number of hydrogen-bond acceptors (Lipinski definition) is 3. The predicted octanol–water partition coefficient (Wildman–Crippen LogP) is 3.72. The Labute approximate surface area is 132 Å². The molecule has 2 aromatic carbocycles. The van der Waals surface area contributed by atoms with E-state index in [-0.39, 0.29) is 12.0 Å². The second kappa shape index (κ2) is 7.23. The van der Waals surface area contributed by atoms with Crippen molar-refractivity contribution >= 4 is 5.97 Å². The van der Waals surface area contributed by atoms with Crippen molar-refractivity contribution in [2.45, 2.75) is 26.4 Å². The van der Waals surface area contributed by atoms with Gasteiger partial charge < -0.3 is 10.1 Å². The molecule has 0 fully saturated rings. The van der Waals surface area contributed by atoms with E-state index in [4.69, 9.17) is 4.74 Å². The molecule has 0 aliphatic heterocycles. The number of benzene rings is 2. The largest absolute Gasteiger partial charge is 0.469 e. The molecular weight excluding hydrogens is 274 g/mol. The highest BCUT2D eigenvalue weighted by Crippen LogP contribution is 2.34. The molecular formula is C19H23NO2. The van der Waals surface area contributed by atoms with Gasteiger partial charge in [0.1, 0.15) is 0 Å². The molecule has 0 heterocycles. The van der Waals surface area contributed by atoms with Crippen LogP contribution in [0.4, 0.5) is 0 Å². The normalized spacial score (nSPS) is 12.7. The van der Waals surface area contributed by atoms with Crippen molar-refractivity contribution in [2.24, 2.45) is 5.41 Å². The lowest BCUT2D eigenvalue weighted by molar-refractivity contribution is -0.152. The quantitative estimate of drug-likeness (QED) is 0.826. The number of methoxy groups -OCH3 is 1. The number of hydrogen-bond donors (Lipinski definition) is 1. The summed E-state index contributed by atoms with van der Waals surface area (Å²) in [6.45, 7) is 4.52. The summed E-state index contributed by atoms with van der Waals surface area (Å²) in [5, 5.41) is 3.51. The van der Waals surface area contributed by atoms with Crippen molar-refractivity contribution in [1.29, 1.82) is 0 Å². The Morgan fingerprint density at radius 1 is 1.05 bits per heavy atom. The summed E-state index contributed by atoms with van der Waals surface area (Å²) in [7, 11) is 1.43. The van der Waals surface area contributed by atoms with Crippen molar-refractivity contribution in [2.75, 3.05) is 7.11 Å². The summed E-state index contributed by atoms with van der Waals surface area (Å²) in [5.74, 6) is -0.220. The van der Waals surface area contributed by atoms with Gasteiger partial charge in [0.25, 0.3) is 0 Å². The molecule has 0 aromatic heterocycles. The molecule has 116 valence electrons. The second-order valence-corrected chi connectivity index (χ2v) is 5.92. The minimum atomic E-state index is -0.662. The maximum Gasteiger partial charge on any atom is 0.313 e. The summed E-state index contributed by atoms with van der Waals surface area (Å²) in [4.78, 5) is 12.2. The molecule has 0 aliphatic carbocycles. The van der Waals surface area contributed by atoms with Crippen molar-refractivity contribution in [1.82, 2.24) is 5.32 Å². The lowest BCUT2D eigenvalue weighted by atomic mass is 9.80. The van der Waals surface area contributed by atoms with Gasteiger partial charge in [-0.2, -0.15) is 0 Å². The zero-order valence-electron chi connectivity index (χ0n) is 13.4. The Balaban J connectivity index is 2.24. The van der Waals surface area contributed by atoms with Gasteiger partial charge in [-0.3, -0.25) is 4.79 Å². The molecule has 0 bridgehead atoms. The van der Waals surface area contributed by atoms with Crippen LogP contribution in [0.15, 0.2) is 60.7 Å². The van der Waals surface area contributed by atoms with Crippen LogP contribution < -0.4 is 5.32 Å². The van der Waals surface area contributed by atoms with Crippen molar-refractivity contribution in [3.63, 3.8) is 0 Å². The molecule has 1 unspecified atom stereocenters. The van der Waals surface area contributed by atoms with E-state index < -0.39 is 5.41 Å². The zero-order valence-corrected chi connectivity index (χ0v) is 13.4. The van der Waals surface area contributed by atoms with Crippen LogP contribution in [-0.4, -0.2) is 13.1 Å². The third-order valence-electron chi connectivity index (χ3n) is 3.92. The molecule has 2 rings (SSSR count). The van der Waals surface area contributed by atoms with Crippen LogP contribution >= 0.6 is 0 Å². The highest BCUT2D eigenvalue weighted by atomic mass is 16.5. The fraction of sp³-hybridized carbons (Fsp3) is 0.316. The van der Waals surface area contributed by atoms with E-state index in [0.29, 0.717) is 6.54 Å². The lowest BCUT2D eigenvalue weighted by Crippen LogP contribution is -2.40. The number of esters is 1. The van der Waals surface area contributed by atoms with Gasteiger partial charge in [0.15, 0.2) is 0 Å². The first-order valence-corrected chi connectivity index (χ1v) is 7.46. The fourth-order valence-corrected chi connectivity index (χ4v) is 2.63. The van der Waals surface area contributed by atoms with Gasteiger partial charge in [0.05, 0.1) is 12.5 Å². The Morgan fingerprint density at radius 2 is 1.59 bits per heavy atom. The summed E-state index contributed by atoms with van der Waals surface area (Å²) < 4.78 is 4.99. The van der Waals surface area contributed by atoms with Crippen LogP contribution in [0.3, 0.4) is 0 Å². The molecule has 3 nitrogen and oxygen atoms in total. The average Bonchev–Trinajstić information content (AvgIpc) is 2.56. The van der Waals surface area contributed by atoms with Crippen molar-refractivity contribution in [3.05, 3.63) is 71.8 Å². The van der Waals surface area contributed by atoms with Gasteiger partial charge in [0, 0.05) is 12.6 Å². The molecule has 0 saturated carbocycles. The van der Waals surface area contributed by atoms with Gasteiger partial charge in [-0.1, -0.05) is 60.7 Å². The van der Waals surface area contributed by atoms with Crippen LogP contribution in [0, 0.1) is 5.41 Å². The third kappa shape index (κ3) is 3.74. The van der Waals surface area contributed by atoms with E-state index in [0.717, 1.165) is 5.56 Å². The Hall–Kier alpha value is -2.13.